The molecule has 0 N–H and O–H groups in total. The molecule has 0 spiro atoms. The maximum atomic E-state index is 11.5. The Bertz CT molecular complexity index is 276. The minimum atomic E-state index is 0.110. The van der Waals surface area contributed by atoms with Crippen molar-refractivity contribution in [2.75, 3.05) is 6.26 Å². The average Bonchev–Trinajstić information content (AvgIpc) is 2.50. The summed E-state index contributed by atoms with van der Waals surface area (Å²) in [6, 6.07) is 3.92. The molecule has 1 aromatic rings. The minimum Gasteiger partial charge on any atom is -0.293 e. The summed E-state index contributed by atoms with van der Waals surface area (Å²) in [5.41, 5.74) is 0. The summed E-state index contributed by atoms with van der Waals surface area (Å²) in [5.74, 6) is 0.360. The molecule has 0 amide bonds. The van der Waals surface area contributed by atoms with E-state index >= 15 is 0 Å². The zero-order chi connectivity index (χ0) is 9.14. The topological polar surface area (TPSA) is 17.1 Å². The molecule has 0 unspecified atom stereocenters. The van der Waals surface area contributed by atoms with E-state index in [0.29, 0.717) is 0 Å². The molecule has 0 aliphatic heterocycles. The Morgan fingerprint density at radius 1 is 1.50 bits per heavy atom. The summed E-state index contributed by atoms with van der Waals surface area (Å²) in [5, 5.41) is 0. The van der Waals surface area contributed by atoms with Crippen molar-refractivity contribution in [3.05, 3.63) is 17.0 Å². The van der Waals surface area contributed by atoms with E-state index < -0.39 is 0 Å². The maximum Gasteiger partial charge on any atom is 0.175 e. The van der Waals surface area contributed by atoms with Crippen molar-refractivity contribution in [1.29, 1.82) is 0 Å². The molecule has 0 fully saturated rings. The summed E-state index contributed by atoms with van der Waals surface area (Å²) >= 11 is 3.27. The predicted molar refractivity (Wildman–Crippen MR) is 55.3 cm³/mol. The number of thiophene rings is 1. The molecule has 0 radical (unpaired) electrons. The van der Waals surface area contributed by atoms with E-state index in [1.165, 1.54) is 4.21 Å². The van der Waals surface area contributed by atoms with Gasteiger partial charge in [0.25, 0.3) is 0 Å². The first kappa shape index (κ1) is 9.81. The Labute approximate surface area is 81.2 Å². The fourth-order valence-corrected chi connectivity index (χ4v) is 2.48. The van der Waals surface area contributed by atoms with Gasteiger partial charge in [-0.15, -0.1) is 23.1 Å². The van der Waals surface area contributed by atoms with Gasteiger partial charge in [0.15, 0.2) is 5.78 Å². The van der Waals surface area contributed by atoms with Gasteiger partial charge in [0.1, 0.15) is 0 Å². The predicted octanol–water partition coefficient (Wildman–Crippen LogP) is 3.31. The van der Waals surface area contributed by atoms with Crippen molar-refractivity contribution in [2.24, 2.45) is 5.92 Å². The Kier molecular flexibility index (Phi) is 3.35. The lowest BCUT2D eigenvalue weighted by atomic mass is 10.1. The molecule has 0 aliphatic rings. The van der Waals surface area contributed by atoms with Gasteiger partial charge < -0.3 is 0 Å². The van der Waals surface area contributed by atoms with Crippen LogP contribution in [-0.2, 0) is 0 Å². The van der Waals surface area contributed by atoms with E-state index in [-0.39, 0.29) is 11.7 Å². The molecule has 0 atom stereocenters. The third-order valence-electron chi connectivity index (χ3n) is 1.55. The fraction of sp³-hybridized carbons (Fsp3) is 0.444. The molecule has 0 saturated heterocycles. The Morgan fingerprint density at radius 2 is 2.17 bits per heavy atom. The molecule has 1 rings (SSSR count). The SMILES string of the molecule is CSc1ccc(C(=O)C(C)C)s1. The van der Waals surface area contributed by atoms with Crippen LogP contribution in [0.15, 0.2) is 16.3 Å². The average molecular weight is 200 g/mol. The van der Waals surface area contributed by atoms with Crippen molar-refractivity contribution in [2.45, 2.75) is 18.1 Å². The lowest BCUT2D eigenvalue weighted by molar-refractivity contribution is 0.0943. The summed E-state index contributed by atoms with van der Waals surface area (Å²) < 4.78 is 1.21. The van der Waals surface area contributed by atoms with Crippen molar-refractivity contribution in [3.8, 4) is 0 Å². The number of carbonyl (C=O) groups excluding carboxylic acids is 1. The second kappa shape index (κ2) is 4.10. The molecule has 1 heterocycles. The van der Waals surface area contributed by atoms with E-state index in [2.05, 4.69) is 0 Å². The van der Waals surface area contributed by atoms with Gasteiger partial charge in [-0.1, -0.05) is 13.8 Å². The minimum absolute atomic E-state index is 0.110. The number of hydrogen-bond donors (Lipinski definition) is 0. The standard InChI is InChI=1S/C9H12OS2/c1-6(2)9(10)7-4-5-8(11-3)12-7/h4-6H,1-3H3. The summed E-state index contributed by atoms with van der Waals surface area (Å²) in [4.78, 5) is 12.4. The lowest BCUT2D eigenvalue weighted by Gasteiger charge is -1.98. The number of Topliss-reactive ketones (excluding diaryl/α,β-unsaturated/α-hetero) is 1. The molecule has 12 heavy (non-hydrogen) atoms. The summed E-state index contributed by atoms with van der Waals surface area (Å²) in [6.45, 7) is 3.86. The summed E-state index contributed by atoms with van der Waals surface area (Å²) in [7, 11) is 0. The van der Waals surface area contributed by atoms with Crippen LogP contribution in [0.1, 0.15) is 23.5 Å². The van der Waals surface area contributed by atoms with E-state index in [1.807, 2.05) is 32.2 Å². The van der Waals surface area contributed by atoms with Crippen molar-refractivity contribution in [3.63, 3.8) is 0 Å². The molecular formula is C9H12OS2. The van der Waals surface area contributed by atoms with Crippen LogP contribution >= 0.6 is 23.1 Å². The molecule has 1 aromatic heterocycles. The molecule has 0 aliphatic carbocycles. The first-order valence-corrected chi connectivity index (χ1v) is 5.87. The molecule has 0 saturated carbocycles. The van der Waals surface area contributed by atoms with E-state index in [9.17, 15) is 4.79 Å². The van der Waals surface area contributed by atoms with Gasteiger partial charge in [-0.3, -0.25) is 4.79 Å². The van der Waals surface area contributed by atoms with E-state index in [1.54, 1.807) is 23.1 Å². The smallest absolute Gasteiger partial charge is 0.175 e. The first-order chi connectivity index (χ1) is 5.65. The number of rotatable bonds is 3. The third kappa shape index (κ3) is 2.11. The van der Waals surface area contributed by atoms with Crippen LogP contribution in [0, 0.1) is 5.92 Å². The number of carbonyl (C=O) groups is 1. The molecule has 66 valence electrons. The van der Waals surface area contributed by atoms with Crippen molar-refractivity contribution >= 4 is 28.9 Å². The van der Waals surface area contributed by atoms with Gasteiger partial charge in [-0.2, -0.15) is 0 Å². The molecule has 0 bridgehead atoms. The Hall–Kier alpha value is -0.280. The van der Waals surface area contributed by atoms with Crippen LogP contribution in [0.25, 0.3) is 0 Å². The van der Waals surface area contributed by atoms with Gasteiger partial charge in [0, 0.05) is 5.92 Å². The van der Waals surface area contributed by atoms with Crippen molar-refractivity contribution < 1.29 is 4.79 Å². The first-order valence-electron chi connectivity index (χ1n) is 3.83. The number of ketones is 1. The van der Waals surface area contributed by atoms with E-state index in [0.717, 1.165) is 4.88 Å². The van der Waals surface area contributed by atoms with Gasteiger partial charge >= 0.3 is 0 Å². The molecule has 3 heteroatoms. The van der Waals surface area contributed by atoms with E-state index in [4.69, 9.17) is 0 Å². The van der Waals surface area contributed by atoms with Gasteiger partial charge in [-0.05, 0) is 18.4 Å². The number of thioether (sulfide) groups is 1. The van der Waals surface area contributed by atoms with Crippen LogP contribution < -0.4 is 0 Å². The largest absolute Gasteiger partial charge is 0.293 e. The third-order valence-corrected chi connectivity index (χ3v) is 3.73. The molecular weight excluding hydrogens is 188 g/mol. The van der Waals surface area contributed by atoms with Crippen LogP contribution in [0.4, 0.5) is 0 Å². The highest BCUT2D eigenvalue weighted by Gasteiger charge is 2.12. The highest BCUT2D eigenvalue weighted by Crippen LogP contribution is 2.26. The van der Waals surface area contributed by atoms with Gasteiger partial charge in [0.05, 0.1) is 9.09 Å². The van der Waals surface area contributed by atoms with Gasteiger partial charge in [0.2, 0.25) is 0 Å². The van der Waals surface area contributed by atoms with Crippen LogP contribution in [0.3, 0.4) is 0 Å². The molecule has 0 aromatic carbocycles. The molecule has 1 nitrogen and oxygen atoms in total. The van der Waals surface area contributed by atoms with Crippen LogP contribution in [0.5, 0.6) is 0 Å². The zero-order valence-corrected chi connectivity index (χ0v) is 9.09. The normalized spacial score (nSPS) is 10.7. The second-order valence-corrected chi connectivity index (χ2v) is 5.03. The highest BCUT2D eigenvalue weighted by molar-refractivity contribution is 8.00. The van der Waals surface area contributed by atoms with Crippen molar-refractivity contribution in [1.82, 2.24) is 0 Å². The summed E-state index contributed by atoms with van der Waals surface area (Å²) in [6.07, 6.45) is 2.02. The quantitative estimate of drug-likeness (QED) is 0.550. The van der Waals surface area contributed by atoms with Crippen LogP contribution in [-0.4, -0.2) is 12.0 Å². The Morgan fingerprint density at radius 3 is 2.58 bits per heavy atom. The monoisotopic (exact) mass is 200 g/mol. The lowest BCUT2D eigenvalue weighted by Crippen LogP contribution is -2.04. The number of hydrogen-bond acceptors (Lipinski definition) is 3. The Balaban J connectivity index is 2.82. The van der Waals surface area contributed by atoms with Gasteiger partial charge in [-0.25, -0.2) is 0 Å². The second-order valence-electron chi connectivity index (χ2n) is 2.84. The zero-order valence-electron chi connectivity index (χ0n) is 7.46. The highest BCUT2D eigenvalue weighted by atomic mass is 32.2. The maximum absolute atomic E-state index is 11.5. The van der Waals surface area contributed by atoms with Crippen LogP contribution in [0.2, 0.25) is 0 Å². The fourth-order valence-electron chi connectivity index (χ4n) is 0.847.